The summed E-state index contributed by atoms with van der Waals surface area (Å²) in [6, 6.07) is 7.02. The maximum atomic E-state index is 13.4. The molecule has 0 aliphatic carbocycles. The number of thiophene rings is 1. The van der Waals surface area contributed by atoms with Crippen LogP contribution in [-0.2, 0) is 10.0 Å². The van der Waals surface area contributed by atoms with Gasteiger partial charge in [0.1, 0.15) is 15.8 Å². The van der Waals surface area contributed by atoms with Gasteiger partial charge in [-0.05, 0) is 37.3 Å². The van der Waals surface area contributed by atoms with Gasteiger partial charge in [-0.2, -0.15) is 0 Å². The molecule has 7 heteroatoms. The number of fused-ring (bicyclic) bond motifs is 1. The molecule has 0 radical (unpaired) electrons. The summed E-state index contributed by atoms with van der Waals surface area (Å²) in [4.78, 5) is 0.925. The number of nitrogens with one attached hydrogen (secondary N) is 1. The Bertz CT molecular complexity index is 770. The van der Waals surface area contributed by atoms with Gasteiger partial charge in [-0.1, -0.05) is 0 Å². The molecule has 1 aromatic heterocycles. The highest BCUT2D eigenvalue weighted by Gasteiger charge is 2.27. The van der Waals surface area contributed by atoms with Crippen LogP contribution in [0.2, 0.25) is 0 Å². The summed E-state index contributed by atoms with van der Waals surface area (Å²) in [6.07, 6.45) is 0.472. The molecule has 21 heavy (non-hydrogen) atoms. The first-order valence-electron chi connectivity index (χ1n) is 6.47. The van der Waals surface area contributed by atoms with E-state index in [0.29, 0.717) is 24.3 Å². The van der Waals surface area contributed by atoms with Gasteiger partial charge in [0.15, 0.2) is 0 Å². The summed E-state index contributed by atoms with van der Waals surface area (Å²) >= 11 is 1.21. The van der Waals surface area contributed by atoms with Crippen molar-refractivity contribution in [1.29, 1.82) is 0 Å². The first-order valence-corrected chi connectivity index (χ1v) is 8.77. The van der Waals surface area contributed by atoms with Crippen LogP contribution in [0.5, 0.6) is 5.75 Å². The topological polar surface area (TPSA) is 55.4 Å². The Morgan fingerprint density at radius 3 is 2.86 bits per heavy atom. The van der Waals surface area contributed by atoms with Crippen LogP contribution in [-0.4, -0.2) is 15.0 Å². The lowest BCUT2D eigenvalue weighted by molar-refractivity contribution is 0.262. The van der Waals surface area contributed by atoms with Crippen LogP contribution in [0.25, 0.3) is 0 Å². The molecule has 1 N–H and O–H groups in total. The van der Waals surface area contributed by atoms with Gasteiger partial charge in [0.25, 0.3) is 10.0 Å². The molecule has 0 bridgehead atoms. The molecule has 1 aliphatic heterocycles. The molecule has 4 nitrogen and oxygen atoms in total. The predicted octanol–water partition coefficient (Wildman–Crippen LogP) is 3.00. The first-order chi connectivity index (χ1) is 9.95. The molecular weight excluding hydrogens is 313 g/mol. The smallest absolute Gasteiger partial charge is 0.250 e. The monoisotopic (exact) mass is 327 g/mol. The predicted molar refractivity (Wildman–Crippen MR) is 78.6 cm³/mol. The van der Waals surface area contributed by atoms with Crippen LogP contribution in [0.4, 0.5) is 4.39 Å². The molecule has 3 rings (SSSR count). The van der Waals surface area contributed by atoms with Crippen LogP contribution >= 0.6 is 11.3 Å². The fourth-order valence-electron chi connectivity index (χ4n) is 2.29. The Kier molecular flexibility index (Phi) is 3.73. The third-order valence-corrected chi connectivity index (χ3v) is 6.25. The average molecular weight is 327 g/mol. The average Bonchev–Trinajstić information content (AvgIpc) is 2.87. The fraction of sp³-hybridized carbons (Fsp3) is 0.286. The van der Waals surface area contributed by atoms with E-state index in [4.69, 9.17) is 4.74 Å². The van der Waals surface area contributed by atoms with Gasteiger partial charge in [0.2, 0.25) is 0 Å². The standard InChI is InChI=1S/C14H14FNO3S2/c1-9-2-5-14(20-9)21(17,18)16-12-6-7-19-13-4-3-10(15)8-11(12)13/h2-5,8,12,16H,6-7H2,1H3. The lowest BCUT2D eigenvalue weighted by Gasteiger charge is -2.26. The van der Waals surface area contributed by atoms with Crippen molar-refractivity contribution in [3.63, 3.8) is 0 Å². The van der Waals surface area contributed by atoms with E-state index in [1.807, 2.05) is 6.92 Å². The Morgan fingerprint density at radius 1 is 1.33 bits per heavy atom. The minimum absolute atomic E-state index is 0.268. The van der Waals surface area contributed by atoms with E-state index in [2.05, 4.69) is 4.72 Å². The van der Waals surface area contributed by atoms with E-state index in [-0.39, 0.29) is 4.21 Å². The molecule has 1 aliphatic rings. The lowest BCUT2D eigenvalue weighted by Crippen LogP contribution is -2.31. The third kappa shape index (κ3) is 2.95. The zero-order valence-electron chi connectivity index (χ0n) is 11.3. The van der Waals surface area contributed by atoms with Gasteiger partial charge in [-0.25, -0.2) is 17.5 Å². The summed E-state index contributed by atoms with van der Waals surface area (Å²) in [5.74, 6) is 0.119. The van der Waals surface area contributed by atoms with Crippen molar-refractivity contribution in [2.75, 3.05) is 6.61 Å². The number of rotatable bonds is 3. The molecule has 112 valence electrons. The zero-order chi connectivity index (χ0) is 15.0. The molecule has 0 saturated carbocycles. The second-order valence-electron chi connectivity index (χ2n) is 4.86. The molecular formula is C14H14FNO3S2. The van der Waals surface area contributed by atoms with Crippen LogP contribution in [0.3, 0.4) is 0 Å². The van der Waals surface area contributed by atoms with Crippen molar-refractivity contribution in [3.05, 3.63) is 46.6 Å². The molecule has 0 fully saturated rings. The summed E-state index contributed by atoms with van der Waals surface area (Å²) < 4.78 is 46.5. The van der Waals surface area contributed by atoms with Crippen molar-refractivity contribution in [3.8, 4) is 5.75 Å². The van der Waals surface area contributed by atoms with E-state index in [1.165, 1.54) is 29.5 Å². The number of hydrogen-bond acceptors (Lipinski definition) is 4. The van der Waals surface area contributed by atoms with Gasteiger partial charge in [-0.3, -0.25) is 0 Å². The van der Waals surface area contributed by atoms with Gasteiger partial charge in [-0.15, -0.1) is 11.3 Å². The Balaban J connectivity index is 1.91. The molecule has 2 aromatic rings. The molecule has 1 unspecified atom stereocenters. The first kappa shape index (κ1) is 14.5. The Morgan fingerprint density at radius 2 is 2.14 bits per heavy atom. The minimum Gasteiger partial charge on any atom is -0.493 e. The van der Waals surface area contributed by atoms with Crippen LogP contribution in [0.15, 0.2) is 34.5 Å². The minimum atomic E-state index is -3.60. The second kappa shape index (κ2) is 5.40. The maximum Gasteiger partial charge on any atom is 0.250 e. The van der Waals surface area contributed by atoms with Crippen LogP contribution < -0.4 is 9.46 Å². The number of hydrogen-bond donors (Lipinski definition) is 1. The van der Waals surface area contributed by atoms with Crippen molar-refractivity contribution in [1.82, 2.24) is 4.72 Å². The molecule has 1 aromatic carbocycles. The number of sulfonamides is 1. The van der Waals surface area contributed by atoms with E-state index < -0.39 is 21.9 Å². The normalized spacial score (nSPS) is 18.1. The van der Waals surface area contributed by atoms with E-state index in [0.717, 1.165) is 4.88 Å². The van der Waals surface area contributed by atoms with Crippen molar-refractivity contribution < 1.29 is 17.5 Å². The molecule has 0 amide bonds. The largest absolute Gasteiger partial charge is 0.493 e. The van der Waals surface area contributed by atoms with Gasteiger partial charge < -0.3 is 4.74 Å². The van der Waals surface area contributed by atoms with Crippen LogP contribution in [0, 0.1) is 12.7 Å². The highest BCUT2D eigenvalue weighted by Crippen LogP contribution is 2.34. The van der Waals surface area contributed by atoms with Crippen molar-refractivity contribution in [2.24, 2.45) is 0 Å². The second-order valence-corrected chi connectivity index (χ2v) is 8.09. The lowest BCUT2D eigenvalue weighted by atomic mass is 10.0. The molecule has 1 atom stereocenters. The highest BCUT2D eigenvalue weighted by atomic mass is 32.2. The fourth-order valence-corrected chi connectivity index (χ4v) is 4.84. The number of halogens is 1. The maximum absolute atomic E-state index is 13.4. The van der Waals surface area contributed by atoms with Crippen molar-refractivity contribution in [2.45, 2.75) is 23.6 Å². The Hall–Kier alpha value is -1.44. The van der Waals surface area contributed by atoms with Crippen LogP contribution in [0.1, 0.15) is 22.9 Å². The molecule has 0 saturated heterocycles. The summed E-state index contributed by atoms with van der Waals surface area (Å²) in [5, 5.41) is 0. The Labute approximate surface area is 126 Å². The van der Waals surface area contributed by atoms with Crippen molar-refractivity contribution >= 4 is 21.4 Å². The van der Waals surface area contributed by atoms with E-state index in [1.54, 1.807) is 12.1 Å². The van der Waals surface area contributed by atoms with Gasteiger partial charge in [0.05, 0.1) is 12.6 Å². The quantitative estimate of drug-likeness (QED) is 0.943. The van der Waals surface area contributed by atoms with E-state index >= 15 is 0 Å². The van der Waals surface area contributed by atoms with Gasteiger partial charge in [0, 0.05) is 16.9 Å². The summed E-state index contributed by atoms with van der Waals surface area (Å²) in [7, 11) is -3.60. The highest BCUT2D eigenvalue weighted by molar-refractivity contribution is 7.91. The number of ether oxygens (including phenoxy) is 1. The van der Waals surface area contributed by atoms with E-state index in [9.17, 15) is 12.8 Å². The number of benzene rings is 1. The summed E-state index contributed by atoms with van der Waals surface area (Å²) in [6.45, 7) is 2.25. The SMILES string of the molecule is Cc1ccc(S(=O)(=O)NC2CCOc3ccc(F)cc32)s1. The summed E-state index contributed by atoms with van der Waals surface area (Å²) in [5.41, 5.74) is 0.540. The zero-order valence-corrected chi connectivity index (χ0v) is 12.9. The molecule has 0 spiro atoms. The third-order valence-electron chi connectivity index (χ3n) is 3.29. The van der Waals surface area contributed by atoms with Gasteiger partial charge >= 0.3 is 0 Å². The number of aryl methyl sites for hydroxylation is 1. The molecule has 2 heterocycles.